The van der Waals surface area contributed by atoms with Crippen molar-refractivity contribution in [2.24, 2.45) is 0 Å². The molecule has 3 heteroatoms. The second-order valence-electron chi connectivity index (χ2n) is 5.19. The molecule has 1 rings (SSSR count). The van der Waals surface area contributed by atoms with Crippen LogP contribution in [0.15, 0.2) is 6.07 Å². The summed E-state index contributed by atoms with van der Waals surface area (Å²) in [6.07, 6.45) is 0.910. The smallest absolute Gasteiger partial charge is 0.242 e. The summed E-state index contributed by atoms with van der Waals surface area (Å²) < 4.78 is 6.07. The lowest BCUT2D eigenvalue weighted by Gasteiger charge is -2.24. The SMILES string of the molecule is Cc1cc(C=O)c(C)c(C)c1O[Si](C)(C)C. The Morgan fingerprint density at radius 2 is 1.69 bits per heavy atom. The van der Waals surface area contributed by atoms with Crippen LogP contribution in [-0.4, -0.2) is 14.6 Å². The van der Waals surface area contributed by atoms with Gasteiger partial charge in [-0.25, -0.2) is 0 Å². The van der Waals surface area contributed by atoms with Crippen molar-refractivity contribution >= 4 is 14.6 Å². The maximum atomic E-state index is 10.9. The Balaban J connectivity index is 3.31. The highest BCUT2D eigenvalue weighted by atomic mass is 28.4. The van der Waals surface area contributed by atoms with Gasteiger partial charge in [0.1, 0.15) is 12.0 Å². The Bertz CT molecular complexity index is 417. The lowest BCUT2D eigenvalue weighted by Crippen LogP contribution is -2.30. The van der Waals surface area contributed by atoms with Crippen molar-refractivity contribution in [3.05, 3.63) is 28.3 Å². The first-order valence-electron chi connectivity index (χ1n) is 5.51. The summed E-state index contributed by atoms with van der Waals surface area (Å²) in [5.74, 6) is 0.960. The largest absolute Gasteiger partial charge is 0.544 e. The highest BCUT2D eigenvalue weighted by Gasteiger charge is 2.20. The molecule has 0 aromatic heterocycles. The number of hydrogen-bond donors (Lipinski definition) is 0. The second-order valence-corrected chi connectivity index (χ2v) is 9.62. The summed E-state index contributed by atoms with van der Waals surface area (Å²) >= 11 is 0. The molecule has 16 heavy (non-hydrogen) atoms. The molecule has 0 heterocycles. The van der Waals surface area contributed by atoms with Crippen LogP contribution in [0.2, 0.25) is 19.6 Å². The van der Waals surface area contributed by atoms with E-state index in [2.05, 4.69) is 19.6 Å². The van der Waals surface area contributed by atoms with Gasteiger partial charge < -0.3 is 4.43 Å². The first-order chi connectivity index (χ1) is 7.26. The van der Waals surface area contributed by atoms with Gasteiger partial charge in [-0.15, -0.1) is 0 Å². The van der Waals surface area contributed by atoms with Crippen molar-refractivity contribution in [2.45, 2.75) is 40.4 Å². The van der Waals surface area contributed by atoms with E-state index in [4.69, 9.17) is 4.43 Å². The number of carbonyl (C=O) groups is 1. The van der Waals surface area contributed by atoms with Crippen LogP contribution < -0.4 is 4.43 Å². The molecular formula is C13H20O2Si. The van der Waals surface area contributed by atoms with Gasteiger partial charge in [-0.05, 0) is 63.2 Å². The molecule has 1 aromatic carbocycles. The average Bonchev–Trinajstić information content (AvgIpc) is 2.17. The number of aryl methyl sites for hydroxylation is 1. The number of benzene rings is 1. The topological polar surface area (TPSA) is 26.3 Å². The Morgan fingerprint density at radius 3 is 2.12 bits per heavy atom. The van der Waals surface area contributed by atoms with Gasteiger partial charge >= 0.3 is 0 Å². The number of carbonyl (C=O) groups excluding carboxylic acids is 1. The fourth-order valence-electron chi connectivity index (χ4n) is 1.68. The van der Waals surface area contributed by atoms with E-state index in [1.54, 1.807) is 0 Å². The third-order valence-corrected chi connectivity index (χ3v) is 3.42. The van der Waals surface area contributed by atoms with Crippen molar-refractivity contribution in [3.63, 3.8) is 0 Å². The Morgan fingerprint density at radius 1 is 1.12 bits per heavy atom. The van der Waals surface area contributed by atoms with Crippen molar-refractivity contribution in [1.82, 2.24) is 0 Å². The zero-order chi connectivity index (χ0) is 12.5. The van der Waals surface area contributed by atoms with Crippen LogP contribution in [0.25, 0.3) is 0 Å². The van der Waals surface area contributed by atoms with Crippen molar-refractivity contribution in [2.75, 3.05) is 0 Å². The van der Waals surface area contributed by atoms with E-state index < -0.39 is 8.32 Å². The summed E-state index contributed by atoms with van der Waals surface area (Å²) in [5, 5.41) is 0. The predicted octanol–water partition coefficient (Wildman–Crippen LogP) is 3.64. The van der Waals surface area contributed by atoms with Gasteiger partial charge in [0.15, 0.2) is 0 Å². The minimum atomic E-state index is -1.60. The Kier molecular flexibility index (Phi) is 3.58. The first kappa shape index (κ1) is 13.0. The molecule has 0 fully saturated rings. The second kappa shape index (κ2) is 4.42. The van der Waals surface area contributed by atoms with E-state index in [1.165, 1.54) is 0 Å². The highest BCUT2D eigenvalue weighted by Crippen LogP contribution is 2.30. The maximum Gasteiger partial charge on any atom is 0.242 e. The summed E-state index contributed by atoms with van der Waals surface area (Å²) in [5.41, 5.74) is 3.92. The normalized spacial score (nSPS) is 11.4. The summed E-state index contributed by atoms with van der Waals surface area (Å²) in [7, 11) is -1.60. The molecule has 88 valence electrons. The monoisotopic (exact) mass is 236 g/mol. The molecule has 0 spiro atoms. The molecule has 0 bridgehead atoms. The van der Waals surface area contributed by atoms with E-state index in [1.807, 2.05) is 26.8 Å². The van der Waals surface area contributed by atoms with Crippen LogP contribution in [0, 0.1) is 20.8 Å². The van der Waals surface area contributed by atoms with Gasteiger partial charge in [-0.3, -0.25) is 4.79 Å². The van der Waals surface area contributed by atoms with Gasteiger partial charge in [-0.1, -0.05) is 0 Å². The predicted molar refractivity (Wildman–Crippen MR) is 70.0 cm³/mol. The lowest BCUT2D eigenvalue weighted by atomic mass is 10.00. The van der Waals surface area contributed by atoms with Crippen LogP contribution in [0.5, 0.6) is 5.75 Å². The molecule has 0 unspecified atom stereocenters. The number of hydrogen-bond acceptors (Lipinski definition) is 2. The third kappa shape index (κ3) is 2.73. The molecule has 0 amide bonds. The average molecular weight is 236 g/mol. The van der Waals surface area contributed by atoms with Gasteiger partial charge in [-0.2, -0.15) is 0 Å². The van der Waals surface area contributed by atoms with E-state index in [-0.39, 0.29) is 0 Å². The van der Waals surface area contributed by atoms with Crippen molar-refractivity contribution < 1.29 is 9.22 Å². The van der Waals surface area contributed by atoms with Gasteiger partial charge in [0.2, 0.25) is 8.32 Å². The van der Waals surface area contributed by atoms with Crippen molar-refractivity contribution in [1.29, 1.82) is 0 Å². The van der Waals surface area contributed by atoms with Crippen LogP contribution >= 0.6 is 0 Å². The fourth-order valence-corrected chi connectivity index (χ4v) is 2.60. The van der Waals surface area contributed by atoms with Crippen LogP contribution in [0.3, 0.4) is 0 Å². The summed E-state index contributed by atoms with van der Waals surface area (Å²) in [4.78, 5) is 10.9. The molecule has 1 aromatic rings. The Labute approximate surface area is 98.8 Å². The molecule has 0 aliphatic carbocycles. The molecule has 0 aliphatic rings. The lowest BCUT2D eigenvalue weighted by molar-refractivity contribution is 0.112. The fraction of sp³-hybridized carbons (Fsp3) is 0.462. The van der Waals surface area contributed by atoms with Crippen LogP contribution in [0.1, 0.15) is 27.0 Å². The van der Waals surface area contributed by atoms with E-state index >= 15 is 0 Å². The van der Waals surface area contributed by atoms with Gasteiger partial charge in [0, 0.05) is 5.56 Å². The van der Waals surface area contributed by atoms with Crippen LogP contribution in [-0.2, 0) is 0 Å². The van der Waals surface area contributed by atoms with Crippen molar-refractivity contribution in [3.8, 4) is 5.75 Å². The third-order valence-electron chi connectivity index (χ3n) is 2.60. The Hall–Kier alpha value is -1.09. The van der Waals surface area contributed by atoms with E-state index in [9.17, 15) is 4.79 Å². The standard InChI is InChI=1S/C13H20O2Si/c1-9-7-12(8-14)10(2)11(3)13(9)15-16(4,5)6/h7-8H,1-6H3. The molecule has 2 nitrogen and oxygen atoms in total. The van der Waals surface area contributed by atoms with E-state index in [0.717, 1.165) is 34.3 Å². The molecule has 0 N–H and O–H groups in total. The van der Waals surface area contributed by atoms with E-state index in [0.29, 0.717) is 0 Å². The molecule has 0 saturated heterocycles. The minimum absolute atomic E-state index is 0.762. The zero-order valence-electron chi connectivity index (χ0n) is 11.0. The first-order valence-corrected chi connectivity index (χ1v) is 8.92. The maximum absolute atomic E-state index is 10.9. The quantitative estimate of drug-likeness (QED) is 0.591. The summed E-state index contributed by atoms with van der Waals surface area (Å²) in [6, 6.07) is 1.91. The molecule has 0 aliphatic heterocycles. The molecule has 0 atom stereocenters. The number of rotatable bonds is 3. The zero-order valence-corrected chi connectivity index (χ0v) is 12.0. The van der Waals surface area contributed by atoms with Gasteiger partial charge in [0.25, 0.3) is 0 Å². The molecule has 0 saturated carbocycles. The molecule has 0 radical (unpaired) electrons. The molecular weight excluding hydrogens is 216 g/mol. The minimum Gasteiger partial charge on any atom is -0.544 e. The van der Waals surface area contributed by atoms with Gasteiger partial charge in [0.05, 0.1) is 0 Å². The summed E-state index contributed by atoms with van der Waals surface area (Å²) in [6.45, 7) is 12.5. The van der Waals surface area contributed by atoms with Crippen LogP contribution in [0.4, 0.5) is 0 Å². The number of aldehydes is 1. The highest BCUT2D eigenvalue weighted by molar-refractivity contribution is 6.70.